The zero-order chi connectivity index (χ0) is 13.0. The Morgan fingerprint density at radius 1 is 1.11 bits per heavy atom. The van der Waals surface area contributed by atoms with Gasteiger partial charge in [0.25, 0.3) is 0 Å². The first kappa shape index (κ1) is 12.2. The molecule has 4 nitrogen and oxygen atoms in total. The molecule has 1 heterocycles. The van der Waals surface area contributed by atoms with Gasteiger partial charge in [0.2, 0.25) is 0 Å². The minimum absolute atomic E-state index is 0.206. The van der Waals surface area contributed by atoms with Crippen molar-refractivity contribution in [2.75, 3.05) is 24.8 Å². The van der Waals surface area contributed by atoms with Crippen LogP contribution in [-0.2, 0) is 0 Å². The summed E-state index contributed by atoms with van der Waals surface area (Å²) in [5.74, 6) is -0.178. The molecule has 0 saturated carbocycles. The first-order chi connectivity index (χ1) is 8.72. The van der Waals surface area contributed by atoms with Crippen molar-refractivity contribution in [2.24, 2.45) is 0 Å². The summed E-state index contributed by atoms with van der Waals surface area (Å²) in [4.78, 5) is 4.08. The third-order valence-electron chi connectivity index (χ3n) is 2.47. The molecule has 0 fully saturated rings. The van der Waals surface area contributed by atoms with Gasteiger partial charge in [0.1, 0.15) is 0 Å². The van der Waals surface area contributed by atoms with Crippen LogP contribution in [-0.4, -0.2) is 19.1 Å². The fourth-order valence-electron chi connectivity index (χ4n) is 1.55. The smallest absolute Gasteiger partial charge is 0.165 e. The van der Waals surface area contributed by atoms with Gasteiger partial charge in [0.05, 0.1) is 30.9 Å². The number of pyridine rings is 1. The van der Waals surface area contributed by atoms with Crippen molar-refractivity contribution in [3.05, 3.63) is 42.5 Å². The Balaban J connectivity index is 2.22. The Kier molecular flexibility index (Phi) is 3.62. The van der Waals surface area contributed by atoms with Crippen LogP contribution in [0.3, 0.4) is 0 Å². The number of benzene rings is 1. The second-order valence-corrected chi connectivity index (χ2v) is 3.69. The lowest BCUT2D eigenvalue weighted by molar-refractivity contribution is 0.387. The van der Waals surface area contributed by atoms with Gasteiger partial charge in [-0.25, -0.2) is 4.39 Å². The number of hydrogen-bond donors (Lipinski definition) is 2. The Bertz CT molecular complexity index is 546. The molecule has 0 spiro atoms. The number of methoxy groups -OCH3 is 1. The first-order valence-electron chi connectivity index (χ1n) is 5.46. The standard InChI is InChI=1S/C13H14FN3O/c1-15-10-5-11(8-16-7-10)17-9-3-4-12(14)13(6-9)18-2/h3-8,15,17H,1-2H3. The van der Waals surface area contributed by atoms with E-state index in [1.807, 2.05) is 13.1 Å². The Morgan fingerprint density at radius 2 is 1.89 bits per heavy atom. The molecule has 0 bridgehead atoms. The van der Waals surface area contributed by atoms with Gasteiger partial charge in [-0.15, -0.1) is 0 Å². The van der Waals surface area contributed by atoms with E-state index in [0.29, 0.717) is 0 Å². The van der Waals surface area contributed by atoms with Crippen molar-refractivity contribution < 1.29 is 9.13 Å². The summed E-state index contributed by atoms with van der Waals surface area (Å²) in [6.07, 6.45) is 3.41. The number of halogens is 1. The molecule has 0 aliphatic heterocycles. The summed E-state index contributed by atoms with van der Waals surface area (Å²) < 4.78 is 18.2. The molecular weight excluding hydrogens is 233 g/mol. The molecule has 0 unspecified atom stereocenters. The third kappa shape index (κ3) is 2.68. The van der Waals surface area contributed by atoms with Crippen molar-refractivity contribution in [3.63, 3.8) is 0 Å². The highest BCUT2D eigenvalue weighted by Crippen LogP contribution is 2.24. The number of aromatic nitrogens is 1. The predicted octanol–water partition coefficient (Wildman–Crippen LogP) is 3.01. The van der Waals surface area contributed by atoms with E-state index < -0.39 is 0 Å². The Hall–Kier alpha value is -2.30. The molecule has 94 valence electrons. The first-order valence-corrected chi connectivity index (χ1v) is 5.46. The highest BCUT2D eigenvalue weighted by atomic mass is 19.1. The fraction of sp³-hybridized carbons (Fsp3) is 0.154. The summed E-state index contributed by atoms with van der Waals surface area (Å²) in [6, 6.07) is 6.50. The van der Waals surface area contributed by atoms with Gasteiger partial charge in [-0.2, -0.15) is 0 Å². The van der Waals surface area contributed by atoms with Crippen LogP contribution < -0.4 is 15.4 Å². The minimum Gasteiger partial charge on any atom is -0.494 e. The fourth-order valence-corrected chi connectivity index (χ4v) is 1.55. The third-order valence-corrected chi connectivity index (χ3v) is 2.47. The number of ether oxygens (including phenoxy) is 1. The summed E-state index contributed by atoms with van der Waals surface area (Å²) in [6.45, 7) is 0. The van der Waals surface area contributed by atoms with Gasteiger partial charge in [0.15, 0.2) is 11.6 Å². The van der Waals surface area contributed by atoms with Crippen LogP contribution in [0.5, 0.6) is 5.75 Å². The molecule has 0 radical (unpaired) electrons. The quantitative estimate of drug-likeness (QED) is 0.871. The highest BCUT2D eigenvalue weighted by molar-refractivity contribution is 5.64. The molecule has 1 aromatic carbocycles. The number of hydrogen-bond acceptors (Lipinski definition) is 4. The molecule has 5 heteroatoms. The summed E-state index contributed by atoms with van der Waals surface area (Å²) in [5, 5.41) is 6.13. The highest BCUT2D eigenvalue weighted by Gasteiger charge is 2.04. The second-order valence-electron chi connectivity index (χ2n) is 3.69. The van der Waals surface area contributed by atoms with Crippen molar-refractivity contribution >= 4 is 17.1 Å². The van der Waals surface area contributed by atoms with Crippen molar-refractivity contribution in [1.29, 1.82) is 0 Å². The van der Waals surface area contributed by atoms with Crippen LogP contribution in [0.15, 0.2) is 36.7 Å². The zero-order valence-electron chi connectivity index (χ0n) is 10.2. The molecule has 0 atom stereocenters. The molecule has 0 aliphatic carbocycles. The Morgan fingerprint density at radius 3 is 2.61 bits per heavy atom. The molecule has 0 aliphatic rings. The van der Waals surface area contributed by atoms with Gasteiger partial charge in [-0.3, -0.25) is 4.98 Å². The second kappa shape index (κ2) is 5.35. The number of rotatable bonds is 4. The molecule has 18 heavy (non-hydrogen) atoms. The van der Waals surface area contributed by atoms with Gasteiger partial charge >= 0.3 is 0 Å². The van der Waals surface area contributed by atoms with E-state index in [1.165, 1.54) is 13.2 Å². The maximum atomic E-state index is 13.3. The molecule has 0 amide bonds. The van der Waals surface area contributed by atoms with E-state index in [9.17, 15) is 4.39 Å². The summed E-state index contributed by atoms with van der Waals surface area (Å²) >= 11 is 0. The number of nitrogens with zero attached hydrogens (tertiary/aromatic N) is 1. The van der Waals surface area contributed by atoms with Crippen molar-refractivity contribution in [1.82, 2.24) is 4.98 Å². The van der Waals surface area contributed by atoms with E-state index in [2.05, 4.69) is 15.6 Å². The lowest BCUT2D eigenvalue weighted by atomic mass is 10.2. The number of nitrogens with one attached hydrogen (secondary N) is 2. The monoisotopic (exact) mass is 247 g/mol. The van der Waals surface area contributed by atoms with Gasteiger partial charge in [-0.1, -0.05) is 0 Å². The topological polar surface area (TPSA) is 46.2 Å². The van der Waals surface area contributed by atoms with Crippen molar-refractivity contribution in [3.8, 4) is 5.75 Å². The molecule has 1 aromatic heterocycles. The minimum atomic E-state index is -0.384. The summed E-state index contributed by atoms with van der Waals surface area (Å²) in [5.41, 5.74) is 2.45. The van der Waals surface area contributed by atoms with Gasteiger partial charge in [-0.05, 0) is 18.2 Å². The normalized spacial score (nSPS) is 9.94. The van der Waals surface area contributed by atoms with E-state index in [4.69, 9.17) is 4.74 Å². The average molecular weight is 247 g/mol. The molecule has 2 rings (SSSR count). The van der Waals surface area contributed by atoms with E-state index in [1.54, 1.807) is 24.5 Å². The maximum Gasteiger partial charge on any atom is 0.165 e. The van der Waals surface area contributed by atoms with Gasteiger partial charge < -0.3 is 15.4 Å². The molecule has 2 aromatic rings. The Labute approximate surface area is 105 Å². The van der Waals surface area contributed by atoms with Crippen LogP contribution in [0.25, 0.3) is 0 Å². The van der Waals surface area contributed by atoms with Crippen LogP contribution in [0.4, 0.5) is 21.5 Å². The van der Waals surface area contributed by atoms with Gasteiger partial charge in [0, 0.05) is 18.8 Å². The average Bonchev–Trinajstić information content (AvgIpc) is 2.41. The molecule has 2 N–H and O–H groups in total. The zero-order valence-corrected chi connectivity index (χ0v) is 10.2. The van der Waals surface area contributed by atoms with E-state index in [0.717, 1.165) is 17.1 Å². The van der Waals surface area contributed by atoms with Crippen molar-refractivity contribution in [2.45, 2.75) is 0 Å². The largest absolute Gasteiger partial charge is 0.494 e. The number of anilines is 3. The van der Waals surface area contributed by atoms with E-state index >= 15 is 0 Å². The lowest BCUT2D eigenvalue weighted by Crippen LogP contribution is -1.96. The van der Waals surface area contributed by atoms with Crippen LogP contribution in [0.1, 0.15) is 0 Å². The summed E-state index contributed by atoms with van der Waals surface area (Å²) in [7, 11) is 3.26. The van der Waals surface area contributed by atoms with Crippen LogP contribution in [0.2, 0.25) is 0 Å². The lowest BCUT2D eigenvalue weighted by Gasteiger charge is -2.09. The maximum absolute atomic E-state index is 13.3. The molecule has 0 saturated heterocycles. The predicted molar refractivity (Wildman–Crippen MR) is 70.0 cm³/mol. The van der Waals surface area contributed by atoms with Crippen LogP contribution >= 0.6 is 0 Å². The van der Waals surface area contributed by atoms with Crippen LogP contribution in [0, 0.1) is 5.82 Å². The SMILES string of the molecule is CNc1cncc(Nc2ccc(F)c(OC)c2)c1. The molecular formula is C13H14FN3O. The van der Waals surface area contributed by atoms with E-state index in [-0.39, 0.29) is 11.6 Å².